The van der Waals surface area contributed by atoms with Crippen molar-refractivity contribution >= 4 is 10.0 Å². The van der Waals surface area contributed by atoms with Gasteiger partial charge in [0.2, 0.25) is 10.0 Å². The maximum Gasteiger partial charge on any atom is 0.211 e. The molecule has 2 aliphatic heterocycles. The molecule has 1 atom stereocenters. The van der Waals surface area contributed by atoms with Gasteiger partial charge in [0.1, 0.15) is 0 Å². The normalized spacial score (nSPS) is 28.8. The van der Waals surface area contributed by atoms with Gasteiger partial charge < -0.3 is 0 Å². The number of rotatable bonds is 3. The SMILES string of the molecule is CS(=O)(=O)N1CCC(N2CC3(CCCCC3)C2c2ccccc2)CC1. The lowest BCUT2D eigenvalue weighted by Gasteiger charge is -2.63. The molecule has 3 aliphatic rings. The largest absolute Gasteiger partial charge is 0.292 e. The minimum atomic E-state index is -3.04. The van der Waals surface area contributed by atoms with Crippen LogP contribution >= 0.6 is 0 Å². The molecule has 4 rings (SSSR count). The Balaban J connectivity index is 1.52. The average Bonchev–Trinajstić information content (AvgIpc) is 2.61. The van der Waals surface area contributed by atoms with Crippen molar-refractivity contribution in [3.8, 4) is 0 Å². The molecule has 3 fully saturated rings. The van der Waals surface area contributed by atoms with Crippen LogP contribution in [0, 0.1) is 5.41 Å². The van der Waals surface area contributed by atoms with Crippen LogP contribution in [0.3, 0.4) is 0 Å². The average molecular weight is 363 g/mol. The first-order valence-corrected chi connectivity index (χ1v) is 11.6. The van der Waals surface area contributed by atoms with Crippen LogP contribution in [0.5, 0.6) is 0 Å². The summed E-state index contributed by atoms with van der Waals surface area (Å²) < 4.78 is 25.2. The van der Waals surface area contributed by atoms with Gasteiger partial charge in [-0.3, -0.25) is 4.90 Å². The molecule has 25 heavy (non-hydrogen) atoms. The molecular formula is C20H30N2O2S. The van der Waals surface area contributed by atoms with Gasteiger partial charge in [-0.05, 0) is 31.2 Å². The van der Waals surface area contributed by atoms with Crippen molar-refractivity contribution in [3.63, 3.8) is 0 Å². The molecule has 5 heteroatoms. The molecule has 1 aliphatic carbocycles. The third kappa shape index (κ3) is 3.26. The summed E-state index contributed by atoms with van der Waals surface area (Å²) >= 11 is 0. The van der Waals surface area contributed by atoms with Crippen molar-refractivity contribution < 1.29 is 8.42 Å². The van der Waals surface area contributed by atoms with Crippen LogP contribution in [0.1, 0.15) is 56.6 Å². The summed E-state index contributed by atoms with van der Waals surface area (Å²) in [6.45, 7) is 2.55. The van der Waals surface area contributed by atoms with Crippen molar-refractivity contribution in [2.75, 3.05) is 25.9 Å². The second-order valence-electron chi connectivity index (χ2n) is 8.30. The van der Waals surface area contributed by atoms with Crippen molar-refractivity contribution in [1.82, 2.24) is 9.21 Å². The summed E-state index contributed by atoms with van der Waals surface area (Å²) in [4.78, 5) is 2.69. The fraction of sp³-hybridized carbons (Fsp3) is 0.700. The Hall–Kier alpha value is -0.910. The van der Waals surface area contributed by atoms with E-state index in [1.54, 1.807) is 4.31 Å². The molecule has 1 aromatic rings. The molecule has 138 valence electrons. The highest BCUT2D eigenvalue weighted by molar-refractivity contribution is 7.88. The second kappa shape index (κ2) is 6.67. The standard InChI is InChI=1S/C20H30N2O2S/c1-25(23,24)21-14-10-18(11-15-21)22-16-20(12-6-3-7-13-20)19(22)17-8-4-2-5-9-17/h2,4-5,8-9,18-19H,3,6-7,10-16H2,1H3. The van der Waals surface area contributed by atoms with E-state index in [0.29, 0.717) is 30.6 Å². The summed E-state index contributed by atoms with van der Waals surface area (Å²) in [5, 5.41) is 0. The summed E-state index contributed by atoms with van der Waals surface area (Å²) in [5.41, 5.74) is 1.93. The smallest absolute Gasteiger partial charge is 0.211 e. The number of sulfonamides is 1. The first-order chi connectivity index (χ1) is 12.0. The van der Waals surface area contributed by atoms with Gasteiger partial charge in [-0.15, -0.1) is 0 Å². The molecule has 0 radical (unpaired) electrons. The quantitative estimate of drug-likeness (QED) is 0.827. The number of likely N-dealkylation sites (tertiary alicyclic amines) is 1. The van der Waals surface area contributed by atoms with Crippen LogP contribution in [-0.4, -0.2) is 49.6 Å². The van der Waals surface area contributed by atoms with E-state index in [0.717, 1.165) is 12.8 Å². The third-order valence-electron chi connectivity index (χ3n) is 6.74. The van der Waals surface area contributed by atoms with Crippen LogP contribution in [0.25, 0.3) is 0 Å². The van der Waals surface area contributed by atoms with Gasteiger partial charge in [0.25, 0.3) is 0 Å². The van der Waals surface area contributed by atoms with Gasteiger partial charge >= 0.3 is 0 Å². The van der Waals surface area contributed by atoms with Crippen LogP contribution in [-0.2, 0) is 10.0 Å². The van der Waals surface area contributed by atoms with Gasteiger partial charge in [0, 0.05) is 37.1 Å². The Morgan fingerprint density at radius 1 is 1.00 bits per heavy atom. The molecule has 0 aromatic heterocycles. The maximum atomic E-state index is 11.8. The lowest BCUT2D eigenvalue weighted by atomic mass is 9.60. The van der Waals surface area contributed by atoms with Gasteiger partial charge in [-0.25, -0.2) is 12.7 Å². The number of piperidine rings is 1. The third-order valence-corrected chi connectivity index (χ3v) is 8.04. The summed E-state index contributed by atoms with van der Waals surface area (Å²) in [6.07, 6.45) is 10.1. The highest BCUT2D eigenvalue weighted by atomic mass is 32.2. The molecule has 1 aromatic carbocycles. The molecule has 1 unspecified atom stereocenters. The van der Waals surface area contributed by atoms with Crippen LogP contribution in [0.4, 0.5) is 0 Å². The number of nitrogens with zero attached hydrogens (tertiary/aromatic N) is 2. The molecule has 4 nitrogen and oxygen atoms in total. The van der Waals surface area contributed by atoms with Crippen molar-refractivity contribution in [3.05, 3.63) is 35.9 Å². The van der Waals surface area contributed by atoms with Gasteiger partial charge in [0.05, 0.1) is 6.26 Å². The lowest BCUT2D eigenvalue weighted by Crippen LogP contribution is -2.63. The zero-order valence-corrected chi connectivity index (χ0v) is 16.0. The van der Waals surface area contributed by atoms with Crippen LogP contribution in [0.15, 0.2) is 30.3 Å². The summed E-state index contributed by atoms with van der Waals surface area (Å²) in [7, 11) is -3.04. The predicted molar refractivity (Wildman–Crippen MR) is 101 cm³/mol. The predicted octanol–water partition coefficient (Wildman–Crippen LogP) is 3.42. The maximum absolute atomic E-state index is 11.8. The zero-order chi connectivity index (χ0) is 17.5. The van der Waals surface area contributed by atoms with Crippen LogP contribution in [0.2, 0.25) is 0 Å². The molecule has 2 heterocycles. The van der Waals surface area contributed by atoms with Gasteiger partial charge in [-0.2, -0.15) is 0 Å². The van der Waals surface area contributed by atoms with Crippen molar-refractivity contribution in [2.24, 2.45) is 5.41 Å². The van der Waals surface area contributed by atoms with E-state index in [1.807, 2.05) is 0 Å². The van der Waals surface area contributed by atoms with Gasteiger partial charge in [0.15, 0.2) is 0 Å². The summed E-state index contributed by atoms with van der Waals surface area (Å²) in [6, 6.07) is 12.1. The Morgan fingerprint density at radius 3 is 2.24 bits per heavy atom. The van der Waals surface area contributed by atoms with E-state index in [2.05, 4.69) is 35.2 Å². The highest BCUT2D eigenvalue weighted by Gasteiger charge is 2.54. The Kier molecular flexibility index (Phi) is 4.67. The monoisotopic (exact) mass is 362 g/mol. The van der Waals surface area contributed by atoms with Crippen molar-refractivity contribution in [1.29, 1.82) is 0 Å². The fourth-order valence-corrected chi connectivity index (χ4v) is 6.37. The zero-order valence-electron chi connectivity index (χ0n) is 15.2. The fourth-order valence-electron chi connectivity index (χ4n) is 5.49. The van der Waals surface area contributed by atoms with E-state index < -0.39 is 10.0 Å². The first kappa shape index (κ1) is 17.5. The molecule has 2 saturated heterocycles. The molecule has 0 N–H and O–H groups in total. The van der Waals surface area contributed by atoms with E-state index in [-0.39, 0.29) is 0 Å². The molecule has 1 spiro atoms. The van der Waals surface area contributed by atoms with Gasteiger partial charge in [-0.1, -0.05) is 49.6 Å². The first-order valence-electron chi connectivity index (χ1n) is 9.75. The Morgan fingerprint density at radius 2 is 1.64 bits per heavy atom. The molecule has 0 amide bonds. The summed E-state index contributed by atoms with van der Waals surface area (Å²) in [5.74, 6) is 0. The molecular weight excluding hydrogens is 332 g/mol. The van der Waals surface area contributed by atoms with E-state index >= 15 is 0 Å². The number of hydrogen-bond acceptors (Lipinski definition) is 3. The van der Waals surface area contributed by atoms with E-state index in [9.17, 15) is 8.42 Å². The van der Waals surface area contributed by atoms with Crippen molar-refractivity contribution in [2.45, 2.75) is 57.0 Å². The van der Waals surface area contributed by atoms with E-state index in [1.165, 1.54) is 50.5 Å². The van der Waals surface area contributed by atoms with Crippen LogP contribution < -0.4 is 0 Å². The topological polar surface area (TPSA) is 40.6 Å². The Bertz CT molecular complexity index is 690. The minimum Gasteiger partial charge on any atom is -0.292 e. The highest BCUT2D eigenvalue weighted by Crippen LogP contribution is 2.58. The molecule has 0 bridgehead atoms. The molecule has 1 saturated carbocycles. The number of benzene rings is 1. The second-order valence-corrected chi connectivity index (χ2v) is 10.3. The lowest BCUT2D eigenvalue weighted by molar-refractivity contribution is -0.131. The number of hydrogen-bond donors (Lipinski definition) is 0. The van der Waals surface area contributed by atoms with E-state index in [4.69, 9.17) is 0 Å². The Labute approximate surface area is 152 Å². The minimum absolute atomic E-state index is 0.466.